The third kappa shape index (κ3) is 5.07. The Hall–Kier alpha value is -2.40. The van der Waals surface area contributed by atoms with Gasteiger partial charge in [-0.25, -0.2) is 0 Å². The second kappa shape index (κ2) is 8.90. The molecule has 0 saturated carbocycles. The zero-order chi connectivity index (χ0) is 16.5. The highest BCUT2D eigenvalue weighted by Crippen LogP contribution is 2.25. The molecular weight excluding hydrogens is 294 g/mol. The lowest BCUT2D eigenvalue weighted by Crippen LogP contribution is -2.11. The lowest BCUT2D eigenvalue weighted by molar-refractivity contribution is 0.215. The van der Waals surface area contributed by atoms with Crippen LogP contribution in [-0.2, 0) is 6.42 Å². The number of ether oxygens (including phenoxy) is 4. The van der Waals surface area contributed by atoms with Crippen molar-refractivity contribution in [1.82, 2.24) is 0 Å². The molecule has 5 heteroatoms. The standard InChI is InChI=1S/C18H23NO4/c1-20-15-5-7-16(8-6-15)22-11-12-23-18-13-17(21-2)4-3-14(18)9-10-19/h3-8,13H,9-12,19H2,1-2H3. The minimum atomic E-state index is 0.441. The normalized spacial score (nSPS) is 10.2. The molecule has 0 aliphatic carbocycles. The Balaban J connectivity index is 1.87. The van der Waals surface area contributed by atoms with Crippen LogP contribution in [0, 0.1) is 0 Å². The second-order valence-electron chi connectivity index (χ2n) is 4.88. The average molecular weight is 317 g/mol. The van der Waals surface area contributed by atoms with Gasteiger partial charge in [0.2, 0.25) is 0 Å². The van der Waals surface area contributed by atoms with Crippen molar-refractivity contribution in [2.24, 2.45) is 5.73 Å². The third-order valence-corrected chi connectivity index (χ3v) is 3.36. The molecule has 0 aromatic heterocycles. The topological polar surface area (TPSA) is 62.9 Å². The maximum Gasteiger partial charge on any atom is 0.126 e. The molecule has 0 atom stereocenters. The molecule has 0 bridgehead atoms. The zero-order valence-electron chi connectivity index (χ0n) is 13.6. The van der Waals surface area contributed by atoms with Crippen molar-refractivity contribution >= 4 is 0 Å². The second-order valence-corrected chi connectivity index (χ2v) is 4.88. The van der Waals surface area contributed by atoms with Crippen LogP contribution in [0.15, 0.2) is 42.5 Å². The van der Waals surface area contributed by atoms with E-state index in [-0.39, 0.29) is 0 Å². The summed E-state index contributed by atoms with van der Waals surface area (Å²) in [5, 5.41) is 0. The Morgan fingerprint density at radius 2 is 1.39 bits per heavy atom. The van der Waals surface area contributed by atoms with Crippen LogP contribution in [0.5, 0.6) is 23.0 Å². The molecule has 2 N–H and O–H groups in total. The van der Waals surface area contributed by atoms with Crippen LogP contribution < -0.4 is 24.7 Å². The molecule has 124 valence electrons. The van der Waals surface area contributed by atoms with Gasteiger partial charge in [0.25, 0.3) is 0 Å². The fourth-order valence-electron chi connectivity index (χ4n) is 2.14. The summed E-state index contributed by atoms with van der Waals surface area (Å²) >= 11 is 0. The van der Waals surface area contributed by atoms with E-state index >= 15 is 0 Å². The molecule has 0 amide bonds. The SMILES string of the molecule is COc1ccc(OCCOc2cc(OC)ccc2CCN)cc1. The third-order valence-electron chi connectivity index (χ3n) is 3.36. The first kappa shape index (κ1) is 17.0. The molecule has 23 heavy (non-hydrogen) atoms. The van der Waals surface area contributed by atoms with Gasteiger partial charge < -0.3 is 24.7 Å². The summed E-state index contributed by atoms with van der Waals surface area (Å²) in [6, 6.07) is 13.2. The van der Waals surface area contributed by atoms with Crippen LogP contribution in [0.1, 0.15) is 5.56 Å². The summed E-state index contributed by atoms with van der Waals surface area (Å²) in [6.07, 6.45) is 0.763. The smallest absolute Gasteiger partial charge is 0.126 e. The van der Waals surface area contributed by atoms with Crippen LogP contribution in [0.4, 0.5) is 0 Å². The molecule has 0 spiro atoms. The molecule has 2 aromatic rings. The monoisotopic (exact) mass is 317 g/mol. The lowest BCUT2D eigenvalue weighted by Gasteiger charge is -2.13. The Bertz CT molecular complexity index is 598. The van der Waals surface area contributed by atoms with Crippen molar-refractivity contribution in [1.29, 1.82) is 0 Å². The summed E-state index contributed by atoms with van der Waals surface area (Å²) in [6.45, 7) is 1.47. The summed E-state index contributed by atoms with van der Waals surface area (Å²) in [7, 11) is 3.27. The molecule has 0 saturated heterocycles. The highest BCUT2D eigenvalue weighted by molar-refractivity contribution is 5.41. The molecule has 0 unspecified atom stereocenters. The summed E-state index contributed by atoms with van der Waals surface area (Å²) in [4.78, 5) is 0. The fraction of sp³-hybridized carbons (Fsp3) is 0.333. The van der Waals surface area contributed by atoms with Crippen LogP contribution in [0.25, 0.3) is 0 Å². The molecule has 0 fully saturated rings. The van der Waals surface area contributed by atoms with Gasteiger partial charge in [-0.1, -0.05) is 6.07 Å². The molecule has 2 aromatic carbocycles. The fourth-order valence-corrected chi connectivity index (χ4v) is 2.14. The maximum atomic E-state index is 5.81. The molecular formula is C18H23NO4. The first-order valence-corrected chi connectivity index (χ1v) is 7.53. The first-order chi connectivity index (χ1) is 11.3. The van der Waals surface area contributed by atoms with Crippen molar-refractivity contribution in [3.63, 3.8) is 0 Å². The van der Waals surface area contributed by atoms with Crippen molar-refractivity contribution in [3.05, 3.63) is 48.0 Å². The summed E-state index contributed by atoms with van der Waals surface area (Å²) in [5.74, 6) is 3.13. The van der Waals surface area contributed by atoms with Crippen molar-refractivity contribution in [2.75, 3.05) is 34.0 Å². The van der Waals surface area contributed by atoms with Gasteiger partial charge in [-0.05, 0) is 48.9 Å². The Kier molecular flexibility index (Phi) is 6.56. The maximum absolute atomic E-state index is 5.81. The molecule has 0 heterocycles. The van der Waals surface area contributed by atoms with Gasteiger partial charge in [-0.2, -0.15) is 0 Å². The molecule has 0 aliphatic rings. The van der Waals surface area contributed by atoms with E-state index in [9.17, 15) is 0 Å². The Labute approximate surface area is 136 Å². The van der Waals surface area contributed by atoms with E-state index in [2.05, 4.69) is 0 Å². The Morgan fingerprint density at radius 1 is 0.783 bits per heavy atom. The predicted octanol–water partition coefficient (Wildman–Crippen LogP) is 2.66. The molecule has 0 radical (unpaired) electrons. The van der Waals surface area contributed by atoms with E-state index < -0.39 is 0 Å². The van der Waals surface area contributed by atoms with Crippen LogP contribution in [0.3, 0.4) is 0 Å². The number of methoxy groups -OCH3 is 2. The van der Waals surface area contributed by atoms with Crippen molar-refractivity contribution in [2.45, 2.75) is 6.42 Å². The number of nitrogens with two attached hydrogens (primary N) is 1. The minimum absolute atomic E-state index is 0.441. The van der Waals surface area contributed by atoms with Crippen molar-refractivity contribution in [3.8, 4) is 23.0 Å². The van der Waals surface area contributed by atoms with E-state index in [0.29, 0.717) is 19.8 Å². The van der Waals surface area contributed by atoms with Gasteiger partial charge in [-0.3, -0.25) is 0 Å². The lowest BCUT2D eigenvalue weighted by atomic mass is 10.1. The number of hydrogen-bond donors (Lipinski definition) is 1. The minimum Gasteiger partial charge on any atom is -0.497 e. The first-order valence-electron chi connectivity index (χ1n) is 7.53. The summed E-state index contributed by atoms with van der Waals surface area (Å²) < 4.78 is 21.8. The highest BCUT2D eigenvalue weighted by Gasteiger charge is 2.06. The number of rotatable bonds is 9. The zero-order valence-corrected chi connectivity index (χ0v) is 13.6. The van der Waals surface area contributed by atoms with Gasteiger partial charge in [0.15, 0.2) is 0 Å². The van der Waals surface area contributed by atoms with E-state index in [1.165, 1.54) is 0 Å². The van der Waals surface area contributed by atoms with Gasteiger partial charge in [0.1, 0.15) is 36.2 Å². The average Bonchev–Trinajstić information content (AvgIpc) is 2.60. The Morgan fingerprint density at radius 3 is 2.04 bits per heavy atom. The van der Waals surface area contributed by atoms with E-state index in [1.807, 2.05) is 42.5 Å². The van der Waals surface area contributed by atoms with Gasteiger partial charge >= 0.3 is 0 Å². The van der Waals surface area contributed by atoms with E-state index in [1.54, 1.807) is 14.2 Å². The van der Waals surface area contributed by atoms with E-state index in [0.717, 1.165) is 35.0 Å². The largest absolute Gasteiger partial charge is 0.497 e. The number of hydrogen-bond acceptors (Lipinski definition) is 5. The quantitative estimate of drug-likeness (QED) is 0.720. The number of benzene rings is 2. The predicted molar refractivity (Wildman–Crippen MR) is 89.7 cm³/mol. The van der Waals surface area contributed by atoms with E-state index in [4.69, 9.17) is 24.7 Å². The summed E-state index contributed by atoms with van der Waals surface area (Å²) in [5.41, 5.74) is 6.70. The van der Waals surface area contributed by atoms with Crippen LogP contribution >= 0.6 is 0 Å². The van der Waals surface area contributed by atoms with Crippen LogP contribution in [-0.4, -0.2) is 34.0 Å². The van der Waals surface area contributed by atoms with Gasteiger partial charge in [-0.15, -0.1) is 0 Å². The molecule has 0 aliphatic heterocycles. The molecule has 5 nitrogen and oxygen atoms in total. The van der Waals surface area contributed by atoms with Gasteiger partial charge in [0.05, 0.1) is 14.2 Å². The van der Waals surface area contributed by atoms with Crippen LogP contribution in [0.2, 0.25) is 0 Å². The van der Waals surface area contributed by atoms with Crippen molar-refractivity contribution < 1.29 is 18.9 Å². The van der Waals surface area contributed by atoms with Gasteiger partial charge in [0, 0.05) is 6.07 Å². The molecule has 2 rings (SSSR count). The highest BCUT2D eigenvalue weighted by atomic mass is 16.5.